The Balaban J connectivity index is 1.13. The molecule has 0 atom stereocenters. The number of carbonyl (C=O) groups is 1. The average molecular weight is 596 g/mol. The summed E-state index contributed by atoms with van der Waals surface area (Å²) in [6.07, 6.45) is 3.07. The van der Waals surface area contributed by atoms with Gasteiger partial charge >= 0.3 is 0 Å². The molecule has 7 rings (SSSR count). The fourth-order valence-corrected chi connectivity index (χ4v) is 6.17. The minimum absolute atomic E-state index is 0.0473. The molecule has 0 unspecified atom stereocenters. The van der Waals surface area contributed by atoms with Gasteiger partial charge in [0.05, 0.1) is 25.4 Å². The standard InChI is InChI=1S/C35H34FN3O5/c36-29-12-11-27-28(32(29)37-26-15-17-35(18-16-26)43-19-20-44-35)21-39(34(27)40)30-13-14-31(41-22-24-7-3-1-4-8-24)38-33(30)42-23-25-9-5-2-6-10-25/h1-14,26,37H,15-23H2. The highest BCUT2D eigenvalue weighted by molar-refractivity contribution is 6.11. The third-order valence-corrected chi connectivity index (χ3v) is 8.52. The van der Waals surface area contributed by atoms with E-state index in [-0.39, 0.29) is 36.8 Å². The molecule has 1 saturated heterocycles. The molecule has 226 valence electrons. The third kappa shape index (κ3) is 5.85. The molecule has 2 fully saturated rings. The van der Waals surface area contributed by atoms with Gasteiger partial charge in [-0.1, -0.05) is 60.7 Å². The van der Waals surface area contributed by atoms with Crippen LogP contribution < -0.4 is 19.7 Å². The Morgan fingerprint density at radius 2 is 1.52 bits per heavy atom. The highest BCUT2D eigenvalue weighted by atomic mass is 19.1. The normalized spacial score (nSPS) is 17.6. The van der Waals surface area contributed by atoms with Crippen molar-refractivity contribution in [2.45, 2.75) is 57.3 Å². The number of nitrogens with one attached hydrogen (secondary N) is 1. The lowest BCUT2D eigenvalue weighted by Gasteiger charge is -2.36. The van der Waals surface area contributed by atoms with Gasteiger partial charge in [-0.3, -0.25) is 9.69 Å². The quantitative estimate of drug-likeness (QED) is 0.232. The summed E-state index contributed by atoms with van der Waals surface area (Å²) in [4.78, 5) is 20.0. The second-order valence-corrected chi connectivity index (χ2v) is 11.4. The Hall–Kier alpha value is -4.47. The van der Waals surface area contributed by atoms with E-state index < -0.39 is 5.79 Å². The first-order valence-corrected chi connectivity index (χ1v) is 15.1. The number of hydrogen-bond donors (Lipinski definition) is 1. The number of aromatic nitrogens is 1. The third-order valence-electron chi connectivity index (χ3n) is 8.52. The molecular formula is C35H34FN3O5. The molecule has 9 heteroatoms. The number of rotatable bonds is 9. The average Bonchev–Trinajstić information content (AvgIpc) is 3.66. The molecule has 44 heavy (non-hydrogen) atoms. The monoisotopic (exact) mass is 595 g/mol. The van der Waals surface area contributed by atoms with Crippen molar-refractivity contribution in [3.8, 4) is 11.8 Å². The van der Waals surface area contributed by atoms with E-state index in [9.17, 15) is 4.79 Å². The Bertz CT molecular complexity index is 1620. The first-order chi connectivity index (χ1) is 21.6. The van der Waals surface area contributed by atoms with E-state index in [1.165, 1.54) is 6.07 Å². The molecule has 0 bridgehead atoms. The number of pyridine rings is 1. The lowest BCUT2D eigenvalue weighted by molar-refractivity contribution is -0.177. The zero-order chi connectivity index (χ0) is 29.9. The molecule has 3 aromatic carbocycles. The zero-order valence-electron chi connectivity index (χ0n) is 24.3. The molecule has 1 saturated carbocycles. The van der Waals surface area contributed by atoms with Crippen LogP contribution in [0.1, 0.15) is 52.7 Å². The van der Waals surface area contributed by atoms with Gasteiger partial charge in [0.2, 0.25) is 11.8 Å². The minimum atomic E-state index is -0.498. The van der Waals surface area contributed by atoms with Crippen molar-refractivity contribution >= 4 is 17.3 Å². The molecule has 1 spiro atoms. The van der Waals surface area contributed by atoms with Gasteiger partial charge in [-0.2, -0.15) is 4.98 Å². The topological polar surface area (TPSA) is 82.2 Å². The van der Waals surface area contributed by atoms with Crippen LogP contribution in [0.15, 0.2) is 84.9 Å². The Morgan fingerprint density at radius 3 is 2.20 bits per heavy atom. The highest BCUT2D eigenvalue weighted by Gasteiger charge is 2.41. The predicted molar refractivity (Wildman–Crippen MR) is 163 cm³/mol. The van der Waals surface area contributed by atoms with E-state index in [4.69, 9.17) is 18.9 Å². The first-order valence-electron chi connectivity index (χ1n) is 15.1. The van der Waals surface area contributed by atoms with E-state index in [0.717, 1.165) is 36.8 Å². The second-order valence-electron chi connectivity index (χ2n) is 11.4. The van der Waals surface area contributed by atoms with Crippen LogP contribution in [-0.2, 0) is 29.2 Å². The van der Waals surface area contributed by atoms with E-state index >= 15 is 4.39 Å². The number of nitrogens with zero attached hydrogens (tertiary/aromatic N) is 2. The molecule has 1 aliphatic carbocycles. The summed E-state index contributed by atoms with van der Waals surface area (Å²) >= 11 is 0. The number of carbonyl (C=O) groups excluding carboxylic acids is 1. The van der Waals surface area contributed by atoms with Crippen LogP contribution in [0.25, 0.3) is 0 Å². The number of amides is 1. The van der Waals surface area contributed by atoms with Gasteiger partial charge in [0.15, 0.2) is 5.79 Å². The van der Waals surface area contributed by atoms with Crippen LogP contribution in [0.2, 0.25) is 0 Å². The fourth-order valence-electron chi connectivity index (χ4n) is 6.17. The number of anilines is 2. The highest BCUT2D eigenvalue weighted by Crippen LogP contribution is 2.41. The van der Waals surface area contributed by atoms with E-state index in [0.29, 0.717) is 48.2 Å². The maximum Gasteiger partial charge on any atom is 0.259 e. The minimum Gasteiger partial charge on any atom is -0.473 e. The van der Waals surface area contributed by atoms with Gasteiger partial charge in [0.25, 0.3) is 5.91 Å². The first kappa shape index (κ1) is 28.3. The summed E-state index contributed by atoms with van der Waals surface area (Å²) in [6.45, 7) is 2.01. The van der Waals surface area contributed by atoms with Crippen molar-refractivity contribution < 1.29 is 28.1 Å². The van der Waals surface area contributed by atoms with E-state index in [1.54, 1.807) is 23.1 Å². The van der Waals surface area contributed by atoms with E-state index in [1.807, 2.05) is 60.7 Å². The van der Waals surface area contributed by atoms with Gasteiger partial charge in [0.1, 0.15) is 24.7 Å². The largest absolute Gasteiger partial charge is 0.473 e. The Kier molecular flexibility index (Phi) is 7.89. The summed E-state index contributed by atoms with van der Waals surface area (Å²) in [7, 11) is 0. The molecular weight excluding hydrogens is 561 g/mol. The summed E-state index contributed by atoms with van der Waals surface area (Å²) in [6, 6.07) is 26.1. The lowest BCUT2D eigenvalue weighted by Crippen LogP contribution is -2.39. The summed E-state index contributed by atoms with van der Waals surface area (Å²) in [5.41, 5.74) is 3.92. The number of halogens is 1. The summed E-state index contributed by atoms with van der Waals surface area (Å²) in [5.74, 6) is -0.464. The van der Waals surface area contributed by atoms with Crippen LogP contribution in [0.4, 0.5) is 15.8 Å². The van der Waals surface area contributed by atoms with Crippen LogP contribution >= 0.6 is 0 Å². The van der Waals surface area contributed by atoms with Crippen LogP contribution in [-0.4, -0.2) is 35.9 Å². The number of ether oxygens (including phenoxy) is 4. The molecule has 1 N–H and O–H groups in total. The van der Waals surface area contributed by atoms with Crippen LogP contribution in [0, 0.1) is 5.82 Å². The van der Waals surface area contributed by atoms with Gasteiger partial charge in [-0.15, -0.1) is 0 Å². The lowest BCUT2D eigenvalue weighted by atomic mass is 9.89. The molecule has 1 aromatic heterocycles. The van der Waals surface area contributed by atoms with Crippen LogP contribution in [0.3, 0.4) is 0 Å². The van der Waals surface area contributed by atoms with Crippen molar-refractivity contribution in [2.75, 3.05) is 23.4 Å². The number of fused-ring (bicyclic) bond motifs is 1. The smallest absolute Gasteiger partial charge is 0.259 e. The summed E-state index contributed by atoms with van der Waals surface area (Å²) in [5, 5.41) is 3.42. The van der Waals surface area contributed by atoms with Gasteiger partial charge in [0, 0.05) is 36.1 Å². The predicted octanol–water partition coefficient (Wildman–Crippen LogP) is 6.64. The maximum absolute atomic E-state index is 15.3. The Morgan fingerprint density at radius 1 is 0.864 bits per heavy atom. The molecule has 3 aliphatic rings. The van der Waals surface area contributed by atoms with Crippen molar-refractivity contribution in [3.05, 3.63) is 113 Å². The molecule has 8 nitrogen and oxygen atoms in total. The maximum atomic E-state index is 15.3. The molecule has 4 aromatic rings. The molecule has 3 heterocycles. The second kappa shape index (κ2) is 12.3. The van der Waals surface area contributed by atoms with Crippen molar-refractivity contribution in [3.63, 3.8) is 0 Å². The number of benzene rings is 3. The van der Waals surface area contributed by atoms with Crippen molar-refractivity contribution in [1.82, 2.24) is 4.98 Å². The van der Waals surface area contributed by atoms with Gasteiger partial charge < -0.3 is 24.3 Å². The van der Waals surface area contributed by atoms with Gasteiger partial charge in [-0.05, 0) is 42.2 Å². The zero-order valence-corrected chi connectivity index (χ0v) is 24.3. The van der Waals surface area contributed by atoms with Gasteiger partial charge in [-0.25, -0.2) is 4.39 Å². The number of hydrogen-bond acceptors (Lipinski definition) is 7. The molecule has 0 radical (unpaired) electrons. The fraction of sp³-hybridized carbons (Fsp3) is 0.314. The molecule has 1 amide bonds. The van der Waals surface area contributed by atoms with E-state index in [2.05, 4.69) is 10.3 Å². The van der Waals surface area contributed by atoms with Crippen molar-refractivity contribution in [2.24, 2.45) is 0 Å². The molecule has 2 aliphatic heterocycles. The SMILES string of the molecule is O=C1c2ccc(F)c(NC3CCC4(CC3)OCCO4)c2CN1c1ccc(OCc2ccccc2)nc1OCc1ccccc1. The Labute approximate surface area is 255 Å². The van der Waals surface area contributed by atoms with Crippen LogP contribution in [0.5, 0.6) is 11.8 Å². The van der Waals surface area contributed by atoms with Crippen molar-refractivity contribution in [1.29, 1.82) is 0 Å². The summed E-state index contributed by atoms with van der Waals surface area (Å²) < 4.78 is 39.2.